The number of hydrogen-bond acceptors (Lipinski definition) is 17. The number of likely N-dealkylation sites (N-methyl/N-ethyl adjacent to an activating group) is 2. The van der Waals surface area contributed by atoms with E-state index in [2.05, 4.69) is 59.9 Å². The van der Waals surface area contributed by atoms with E-state index in [1.807, 2.05) is 41.5 Å². The highest BCUT2D eigenvalue weighted by Gasteiger charge is 2.48. The summed E-state index contributed by atoms with van der Waals surface area (Å²) in [6.07, 6.45) is 7.52. The maximum atomic E-state index is 6.24. The maximum Gasteiger partial charge on any atom is 0.500 e. The predicted octanol–water partition coefficient (Wildman–Crippen LogP) is 7.95. The first-order valence-electron chi connectivity index (χ1n) is 25.1. The van der Waals surface area contributed by atoms with Crippen LogP contribution >= 0.6 is 11.8 Å². The molecule has 0 radical (unpaired) electrons. The van der Waals surface area contributed by atoms with Gasteiger partial charge < -0.3 is 63.7 Å². The zero-order valence-electron chi connectivity index (χ0n) is 44.6. The lowest BCUT2D eigenvalue weighted by atomic mass is 10.1. The van der Waals surface area contributed by atoms with Crippen molar-refractivity contribution < 1.29 is 53.1 Å². The average molecular weight is 1020 g/mol. The molecule has 2 unspecified atom stereocenters. The van der Waals surface area contributed by atoms with Crippen molar-refractivity contribution in [3.63, 3.8) is 0 Å². The number of rotatable bonds is 48. The van der Waals surface area contributed by atoms with Crippen molar-refractivity contribution in [2.45, 2.75) is 155 Å². The molecule has 2 atom stereocenters. The third-order valence-corrected chi connectivity index (χ3v) is 26.1. The van der Waals surface area contributed by atoms with E-state index in [-0.39, 0.29) is 9.74 Å². The van der Waals surface area contributed by atoms with Gasteiger partial charge in [0, 0.05) is 120 Å². The van der Waals surface area contributed by atoms with Crippen molar-refractivity contribution in [1.82, 2.24) is 20.4 Å². The third-order valence-electron chi connectivity index (χ3n) is 12.2. The molecule has 2 N–H and O–H groups in total. The quantitative estimate of drug-likeness (QED) is 0.0346. The minimum Gasteiger partial charge on any atom is -0.377 e. The minimum atomic E-state index is -2.78. The van der Waals surface area contributed by atoms with E-state index in [0.717, 1.165) is 128 Å². The third kappa shape index (κ3) is 22.3. The van der Waals surface area contributed by atoms with Crippen LogP contribution in [-0.4, -0.2) is 189 Å². The van der Waals surface area contributed by atoms with E-state index in [9.17, 15) is 0 Å². The van der Waals surface area contributed by atoms with Crippen molar-refractivity contribution in [2.75, 3.05) is 135 Å². The number of unbranched alkanes of at least 4 members (excludes halogenated alkanes) is 2. The van der Waals surface area contributed by atoms with E-state index in [0.29, 0.717) is 39.6 Å². The molecule has 392 valence electrons. The van der Waals surface area contributed by atoms with Crippen LogP contribution in [0.25, 0.3) is 0 Å². The van der Waals surface area contributed by atoms with Crippen molar-refractivity contribution >= 4 is 47.0 Å². The van der Waals surface area contributed by atoms with Crippen LogP contribution in [0.15, 0.2) is 0 Å². The zero-order valence-corrected chi connectivity index (χ0v) is 49.4. The van der Waals surface area contributed by atoms with Crippen LogP contribution in [-0.2, 0) is 53.1 Å². The topological polar surface area (TPSA) is 141 Å². The Balaban J connectivity index is 7.35. The van der Waals surface area contributed by atoms with Gasteiger partial charge in [0.25, 0.3) is 0 Å². The molecule has 0 saturated heterocycles. The van der Waals surface area contributed by atoms with Crippen LogP contribution in [0.1, 0.15) is 121 Å². The smallest absolute Gasteiger partial charge is 0.377 e. The van der Waals surface area contributed by atoms with E-state index >= 15 is 0 Å². The zero-order chi connectivity index (χ0) is 49.1. The molecule has 0 aromatic carbocycles. The second-order valence-electron chi connectivity index (χ2n) is 15.9. The standard InChI is InChI=1S/C44H102N4O12SSi4/c1-17-47(18-2)43(33-27-29-37-62(49-11,50-12)51-13,41-45-35-31-39-64(55-21-5,56-22-6)57-23-7)61-44(48(19-3)20-4,34-28-30-38-63(52-14,53-15)54-16)42-46-36-32-40-65(58-24-8,59-25-9)60-26-10/h45-46H,17-42H2,1-16H3. The fourth-order valence-electron chi connectivity index (χ4n) is 9.00. The maximum absolute atomic E-state index is 6.24. The molecule has 0 bridgehead atoms. The van der Waals surface area contributed by atoms with Crippen LogP contribution in [0.5, 0.6) is 0 Å². The summed E-state index contributed by atoms with van der Waals surface area (Å²) in [5.74, 6) is 0. The van der Waals surface area contributed by atoms with Gasteiger partial charge in [-0.3, -0.25) is 9.80 Å². The Morgan fingerprint density at radius 2 is 0.631 bits per heavy atom. The first kappa shape index (κ1) is 65.6. The van der Waals surface area contributed by atoms with Gasteiger partial charge in [-0.2, -0.15) is 0 Å². The Bertz CT molecular complexity index is 994. The first-order chi connectivity index (χ1) is 31.3. The highest BCUT2D eigenvalue weighted by Crippen LogP contribution is 2.47. The molecular weight excluding hydrogens is 921 g/mol. The summed E-state index contributed by atoms with van der Waals surface area (Å²) in [5, 5.41) is 8.02. The van der Waals surface area contributed by atoms with Gasteiger partial charge in [0.05, 0.1) is 9.74 Å². The Labute approximate surface area is 408 Å². The number of nitrogens with zero attached hydrogens (tertiary/aromatic N) is 2. The van der Waals surface area contributed by atoms with Gasteiger partial charge in [-0.25, -0.2) is 0 Å². The molecule has 0 aliphatic carbocycles. The van der Waals surface area contributed by atoms with E-state index in [4.69, 9.17) is 53.1 Å². The summed E-state index contributed by atoms with van der Waals surface area (Å²) < 4.78 is 72.7. The largest absolute Gasteiger partial charge is 0.500 e. The Kier molecular flexibility index (Phi) is 37.7. The van der Waals surface area contributed by atoms with Gasteiger partial charge >= 0.3 is 35.2 Å². The van der Waals surface area contributed by atoms with Gasteiger partial charge in [0.15, 0.2) is 0 Å². The lowest BCUT2D eigenvalue weighted by Gasteiger charge is -2.53. The molecule has 0 aliphatic heterocycles. The highest BCUT2D eigenvalue weighted by molar-refractivity contribution is 8.02. The molecule has 0 saturated carbocycles. The summed E-state index contributed by atoms with van der Waals surface area (Å²) in [6, 6.07) is 3.04. The van der Waals surface area contributed by atoms with E-state index < -0.39 is 35.2 Å². The lowest BCUT2D eigenvalue weighted by Crippen LogP contribution is -2.61. The van der Waals surface area contributed by atoms with E-state index in [1.165, 1.54) is 0 Å². The van der Waals surface area contributed by atoms with Gasteiger partial charge in [0.2, 0.25) is 0 Å². The SMILES string of the molecule is CCO[Si](CCCNCC(CCCC[Si](OC)(OC)OC)(SC(CCCC[Si](OC)(OC)OC)(CNCCC[Si](OCC)(OCC)OCC)N(CC)CC)N(CC)CC)(OCC)OCC. The molecule has 0 aliphatic rings. The molecular formula is C44H102N4O12SSi4. The monoisotopic (exact) mass is 1020 g/mol. The summed E-state index contributed by atoms with van der Waals surface area (Å²) in [4.78, 5) is 4.84. The summed E-state index contributed by atoms with van der Waals surface area (Å²) >= 11 is 2.16. The van der Waals surface area contributed by atoms with Crippen LogP contribution < -0.4 is 10.6 Å². The van der Waals surface area contributed by atoms with Crippen LogP contribution in [0.3, 0.4) is 0 Å². The van der Waals surface area contributed by atoms with Crippen molar-refractivity contribution in [3.05, 3.63) is 0 Å². The van der Waals surface area contributed by atoms with Crippen molar-refractivity contribution in [1.29, 1.82) is 0 Å². The molecule has 0 rings (SSSR count). The first-order valence-corrected chi connectivity index (χ1v) is 33.6. The number of nitrogens with one attached hydrogen (secondary N) is 2. The summed E-state index contributed by atoms with van der Waals surface area (Å²) in [5.41, 5.74) is 0. The molecule has 0 aromatic rings. The predicted molar refractivity (Wildman–Crippen MR) is 276 cm³/mol. The van der Waals surface area contributed by atoms with Crippen LogP contribution in [0.2, 0.25) is 24.2 Å². The van der Waals surface area contributed by atoms with Crippen molar-refractivity contribution in [2.24, 2.45) is 0 Å². The average Bonchev–Trinajstić information content (AvgIpc) is 3.30. The van der Waals surface area contributed by atoms with Gasteiger partial charge in [0.1, 0.15) is 0 Å². The number of hydrogen-bond donors (Lipinski definition) is 2. The normalized spacial score (nSPS) is 15.0. The Morgan fingerprint density at radius 1 is 0.369 bits per heavy atom. The fraction of sp³-hybridized carbons (Fsp3) is 1.00. The number of thioether (sulfide) groups is 1. The highest BCUT2D eigenvalue weighted by atomic mass is 32.2. The molecule has 21 heteroatoms. The molecule has 0 amide bonds. The van der Waals surface area contributed by atoms with Crippen molar-refractivity contribution in [3.8, 4) is 0 Å². The summed E-state index contributed by atoms with van der Waals surface area (Å²) in [6.45, 7) is 31.6. The Hall–Kier alpha value is 0.578. The van der Waals surface area contributed by atoms with Gasteiger partial charge in [-0.1, -0.05) is 40.5 Å². The van der Waals surface area contributed by atoms with Gasteiger partial charge in [-0.05, 0) is 119 Å². The second kappa shape index (κ2) is 37.4. The lowest BCUT2D eigenvalue weighted by molar-refractivity contribution is 0.0700. The minimum absolute atomic E-state index is 0.273. The molecule has 0 fully saturated rings. The molecule has 0 spiro atoms. The van der Waals surface area contributed by atoms with E-state index in [1.54, 1.807) is 42.7 Å². The second-order valence-corrected chi connectivity index (χ2v) is 29.2. The Morgan fingerprint density at radius 3 is 0.862 bits per heavy atom. The summed E-state index contributed by atoms with van der Waals surface area (Å²) in [7, 11) is -0.834. The molecule has 16 nitrogen and oxygen atoms in total. The molecule has 65 heavy (non-hydrogen) atoms. The molecule has 0 heterocycles. The van der Waals surface area contributed by atoms with Gasteiger partial charge in [-0.15, -0.1) is 11.8 Å². The van der Waals surface area contributed by atoms with Crippen LogP contribution in [0, 0.1) is 0 Å². The van der Waals surface area contributed by atoms with Crippen LogP contribution in [0.4, 0.5) is 0 Å². The molecule has 0 aromatic heterocycles. The fourth-order valence-corrected chi connectivity index (χ4v) is 20.1.